The van der Waals surface area contributed by atoms with Gasteiger partial charge < -0.3 is 21.1 Å². The summed E-state index contributed by atoms with van der Waals surface area (Å²) in [5, 5.41) is 4.58. The van der Waals surface area contributed by atoms with Crippen LogP contribution in [0.15, 0.2) is 36.8 Å². The zero-order chi connectivity index (χ0) is 21.8. The molecule has 2 aromatic heterocycles. The fourth-order valence-electron chi connectivity index (χ4n) is 3.52. The summed E-state index contributed by atoms with van der Waals surface area (Å²) in [6, 6.07) is 5.47. The van der Waals surface area contributed by atoms with Crippen LogP contribution in [0.5, 0.6) is 5.75 Å². The molecule has 0 bridgehead atoms. The van der Waals surface area contributed by atoms with E-state index in [-0.39, 0.29) is 11.4 Å². The summed E-state index contributed by atoms with van der Waals surface area (Å²) in [5.74, 6) is 0.515. The molecule has 1 saturated heterocycles. The van der Waals surface area contributed by atoms with Crippen molar-refractivity contribution in [3.8, 4) is 22.8 Å². The van der Waals surface area contributed by atoms with E-state index in [1.54, 1.807) is 12.3 Å². The minimum Gasteiger partial charge on any atom is -0.492 e. The van der Waals surface area contributed by atoms with Crippen LogP contribution in [-0.2, 0) is 0 Å². The number of anilines is 1. The fraction of sp³-hybridized carbons (Fsp3) is 0.333. The summed E-state index contributed by atoms with van der Waals surface area (Å²) < 4.78 is 7.22. The maximum Gasteiger partial charge on any atom is 0.251 e. The Hall–Kier alpha value is -3.17. The van der Waals surface area contributed by atoms with Crippen LogP contribution in [0, 0.1) is 0 Å². The van der Waals surface area contributed by atoms with Gasteiger partial charge in [0, 0.05) is 18.3 Å². The number of likely N-dealkylation sites (tertiary alicyclic amines) is 1. The van der Waals surface area contributed by atoms with E-state index < -0.39 is 5.91 Å². The standard InChI is InChI=1S/C21H24ClN7O2/c22-16-10-14(4-5-18(16)31-9-3-8-28-6-1-2-7-28)17-12-25-19(23)21(27-17)29-13-15(11-26-29)20(24)30/h4-5,10-13H,1-3,6-9H2,(H2,23,25)(H2,24,30). The van der Waals surface area contributed by atoms with Gasteiger partial charge in [-0.15, -0.1) is 0 Å². The Morgan fingerprint density at radius 3 is 2.74 bits per heavy atom. The van der Waals surface area contributed by atoms with Crippen LogP contribution in [0.3, 0.4) is 0 Å². The van der Waals surface area contributed by atoms with Gasteiger partial charge in [-0.05, 0) is 50.6 Å². The maximum absolute atomic E-state index is 11.3. The minimum atomic E-state index is -0.586. The van der Waals surface area contributed by atoms with Crippen molar-refractivity contribution in [3.05, 3.63) is 47.4 Å². The molecule has 1 amide bonds. The molecule has 10 heteroatoms. The highest BCUT2D eigenvalue weighted by atomic mass is 35.5. The van der Waals surface area contributed by atoms with Crippen molar-refractivity contribution in [1.29, 1.82) is 0 Å². The average Bonchev–Trinajstić information content (AvgIpc) is 3.45. The number of carbonyl (C=O) groups is 1. The number of hydrogen-bond donors (Lipinski definition) is 2. The Balaban J connectivity index is 1.46. The van der Waals surface area contributed by atoms with Crippen LogP contribution >= 0.6 is 11.6 Å². The average molecular weight is 442 g/mol. The van der Waals surface area contributed by atoms with E-state index in [0.717, 1.165) is 18.5 Å². The molecule has 0 unspecified atom stereocenters. The van der Waals surface area contributed by atoms with Gasteiger partial charge in [-0.2, -0.15) is 5.10 Å². The van der Waals surface area contributed by atoms with E-state index in [9.17, 15) is 4.79 Å². The Kier molecular flexibility index (Phi) is 6.34. The number of halogens is 1. The van der Waals surface area contributed by atoms with Crippen LogP contribution in [-0.4, -0.2) is 56.8 Å². The number of rotatable bonds is 8. The van der Waals surface area contributed by atoms with Crippen molar-refractivity contribution >= 4 is 23.3 Å². The van der Waals surface area contributed by atoms with Gasteiger partial charge in [-0.3, -0.25) is 4.79 Å². The number of hydrogen-bond acceptors (Lipinski definition) is 7. The van der Waals surface area contributed by atoms with Gasteiger partial charge in [0.25, 0.3) is 5.91 Å². The van der Waals surface area contributed by atoms with E-state index >= 15 is 0 Å². The number of ether oxygens (including phenoxy) is 1. The topological polar surface area (TPSA) is 125 Å². The molecule has 162 valence electrons. The summed E-state index contributed by atoms with van der Waals surface area (Å²) in [6.45, 7) is 4.03. The predicted octanol–water partition coefficient (Wildman–Crippen LogP) is 2.53. The van der Waals surface area contributed by atoms with Gasteiger partial charge >= 0.3 is 0 Å². The normalized spacial score (nSPS) is 14.1. The van der Waals surface area contributed by atoms with Gasteiger partial charge in [0.2, 0.25) is 0 Å². The molecule has 9 nitrogen and oxygen atoms in total. The molecule has 1 fully saturated rings. The highest BCUT2D eigenvalue weighted by Crippen LogP contribution is 2.30. The highest BCUT2D eigenvalue weighted by Gasteiger charge is 2.14. The molecule has 3 aromatic rings. The van der Waals surface area contributed by atoms with Crippen molar-refractivity contribution in [2.45, 2.75) is 19.3 Å². The summed E-state index contributed by atoms with van der Waals surface area (Å²) in [5.41, 5.74) is 12.8. The number of amides is 1. The fourth-order valence-corrected chi connectivity index (χ4v) is 3.75. The van der Waals surface area contributed by atoms with E-state index in [0.29, 0.717) is 28.9 Å². The quantitative estimate of drug-likeness (QED) is 0.514. The third kappa shape index (κ3) is 4.95. The predicted molar refractivity (Wildman–Crippen MR) is 118 cm³/mol. The number of nitrogen functional groups attached to an aromatic ring is 1. The minimum absolute atomic E-state index is 0.173. The maximum atomic E-state index is 11.3. The molecular formula is C21H24ClN7O2. The van der Waals surface area contributed by atoms with E-state index in [1.165, 1.54) is 43.0 Å². The molecule has 1 aliphatic heterocycles. The Labute approximate surface area is 185 Å². The van der Waals surface area contributed by atoms with Crippen molar-refractivity contribution in [2.75, 3.05) is 32.0 Å². The molecule has 4 N–H and O–H groups in total. The van der Waals surface area contributed by atoms with Gasteiger partial charge in [0.05, 0.1) is 35.3 Å². The molecule has 0 atom stereocenters. The SMILES string of the molecule is NC(=O)c1cnn(-c2nc(-c3ccc(OCCCN4CCCC4)c(Cl)c3)cnc2N)c1. The van der Waals surface area contributed by atoms with Gasteiger partial charge in [-0.1, -0.05) is 11.6 Å². The summed E-state index contributed by atoms with van der Waals surface area (Å²) in [6.07, 6.45) is 7.90. The lowest BCUT2D eigenvalue weighted by atomic mass is 10.1. The summed E-state index contributed by atoms with van der Waals surface area (Å²) >= 11 is 6.43. The first-order valence-corrected chi connectivity index (χ1v) is 10.5. The van der Waals surface area contributed by atoms with Crippen LogP contribution in [0.1, 0.15) is 29.6 Å². The molecule has 1 aliphatic rings. The lowest BCUT2D eigenvalue weighted by molar-refractivity contribution is 0.100. The summed E-state index contributed by atoms with van der Waals surface area (Å²) in [4.78, 5) is 22.5. The van der Waals surface area contributed by atoms with Crippen molar-refractivity contribution in [1.82, 2.24) is 24.6 Å². The molecular weight excluding hydrogens is 418 g/mol. The lowest BCUT2D eigenvalue weighted by Gasteiger charge is -2.15. The largest absolute Gasteiger partial charge is 0.492 e. The monoisotopic (exact) mass is 441 g/mol. The molecule has 3 heterocycles. The van der Waals surface area contributed by atoms with E-state index in [1.807, 2.05) is 12.1 Å². The highest BCUT2D eigenvalue weighted by molar-refractivity contribution is 6.32. The first-order chi connectivity index (χ1) is 15.0. The third-order valence-corrected chi connectivity index (χ3v) is 5.46. The molecule has 0 aliphatic carbocycles. The Morgan fingerprint density at radius 1 is 1.23 bits per heavy atom. The molecule has 31 heavy (non-hydrogen) atoms. The third-order valence-electron chi connectivity index (χ3n) is 5.17. The second kappa shape index (κ2) is 9.32. The zero-order valence-corrected chi connectivity index (χ0v) is 17.8. The van der Waals surface area contributed by atoms with Crippen LogP contribution in [0.4, 0.5) is 5.82 Å². The van der Waals surface area contributed by atoms with Gasteiger partial charge in [-0.25, -0.2) is 14.6 Å². The number of primary amides is 1. The van der Waals surface area contributed by atoms with Crippen molar-refractivity contribution in [2.24, 2.45) is 5.73 Å². The molecule has 0 saturated carbocycles. The number of aromatic nitrogens is 4. The van der Waals surface area contributed by atoms with Gasteiger partial charge in [0.1, 0.15) is 5.75 Å². The summed E-state index contributed by atoms with van der Waals surface area (Å²) in [7, 11) is 0. The molecule has 0 radical (unpaired) electrons. The smallest absolute Gasteiger partial charge is 0.251 e. The Morgan fingerprint density at radius 2 is 2.03 bits per heavy atom. The molecule has 1 aromatic carbocycles. The second-order valence-electron chi connectivity index (χ2n) is 7.40. The molecule has 0 spiro atoms. The number of carbonyl (C=O) groups excluding carboxylic acids is 1. The van der Waals surface area contributed by atoms with Crippen molar-refractivity contribution in [3.63, 3.8) is 0 Å². The van der Waals surface area contributed by atoms with Crippen LogP contribution in [0.2, 0.25) is 5.02 Å². The van der Waals surface area contributed by atoms with Crippen LogP contribution in [0.25, 0.3) is 17.1 Å². The first kappa shape index (κ1) is 21.1. The zero-order valence-electron chi connectivity index (χ0n) is 17.0. The first-order valence-electron chi connectivity index (χ1n) is 10.1. The van der Waals surface area contributed by atoms with Crippen molar-refractivity contribution < 1.29 is 9.53 Å². The number of nitrogens with zero attached hydrogens (tertiary/aromatic N) is 5. The number of nitrogens with two attached hydrogens (primary N) is 2. The molecule has 4 rings (SSSR count). The van der Waals surface area contributed by atoms with E-state index in [2.05, 4.69) is 20.0 Å². The van der Waals surface area contributed by atoms with Gasteiger partial charge in [0.15, 0.2) is 11.6 Å². The Bertz CT molecular complexity index is 1080. The number of benzene rings is 1. The second-order valence-corrected chi connectivity index (χ2v) is 7.81. The van der Waals surface area contributed by atoms with E-state index in [4.69, 9.17) is 27.8 Å². The lowest BCUT2D eigenvalue weighted by Crippen LogP contribution is -2.21. The van der Waals surface area contributed by atoms with Crippen LogP contribution < -0.4 is 16.2 Å².